The van der Waals surface area contributed by atoms with Crippen LogP contribution in [0, 0.1) is 5.41 Å². The molecule has 102 valence electrons. The fraction of sp³-hybridized carbons (Fsp3) is 0.714. The lowest BCUT2D eigenvalue weighted by Gasteiger charge is -2.40. The van der Waals surface area contributed by atoms with Gasteiger partial charge >= 0.3 is 0 Å². The molecule has 1 aliphatic rings. The first-order valence-corrected chi connectivity index (χ1v) is 7.84. The average Bonchev–Trinajstić information content (AvgIpc) is 2.72. The Morgan fingerprint density at radius 1 is 1.44 bits per heavy atom. The van der Waals surface area contributed by atoms with E-state index in [2.05, 4.69) is 37.1 Å². The third kappa shape index (κ3) is 3.95. The van der Waals surface area contributed by atoms with E-state index in [1.165, 1.54) is 4.88 Å². The smallest absolute Gasteiger partial charge is 0.0931 e. The number of rotatable bonds is 3. The van der Waals surface area contributed by atoms with E-state index in [1.54, 1.807) is 11.3 Å². The highest BCUT2D eigenvalue weighted by atomic mass is 35.5. The summed E-state index contributed by atoms with van der Waals surface area (Å²) in [5.74, 6) is 0. The molecule has 18 heavy (non-hydrogen) atoms. The zero-order valence-electron chi connectivity index (χ0n) is 11.5. The van der Waals surface area contributed by atoms with Crippen LogP contribution in [0.3, 0.4) is 0 Å². The highest BCUT2D eigenvalue weighted by molar-refractivity contribution is 7.16. The molecule has 0 saturated carbocycles. The second-order valence-corrected chi connectivity index (χ2v) is 7.93. The van der Waals surface area contributed by atoms with E-state index in [9.17, 15) is 0 Å². The summed E-state index contributed by atoms with van der Waals surface area (Å²) < 4.78 is 0.901. The average molecular weight is 287 g/mol. The highest BCUT2D eigenvalue weighted by Gasteiger charge is 2.28. The van der Waals surface area contributed by atoms with Crippen molar-refractivity contribution in [1.29, 1.82) is 0 Å². The van der Waals surface area contributed by atoms with Crippen molar-refractivity contribution in [3.63, 3.8) is 0 Å². The molecule has 0 aliphatic carbocycles. The summed E-state index contributed by atoms with van der Waals surface area (Å²) in [5, 5.41) is 3.63. The van der Waals surface area contributed by atoms with Crippen LogP contribution in [0.15, 0.2) is 12.1 Å². The van der Waals surface area contributed by atoms with Gasteiger partial charge in [-0.25, -0.2) is 0 Å². The monoisotopic (exact) mass is 286 g/mol. The number of thiophene rings is 1. The maximum atomic E-state index is 5.96. The van der Waals surface area contributed by atoms with Gasteiger partial charge in [0.2, 0.25) is 0 Å². The molecule has 1 atom stereocenters. The van der Waals surface area contributed by atoms with E-state index in [4.69, 9.17) is 11.6 Å². The van der Waals surface area contributed by atoms with Crippen LogP contribution in [-0.4, -0.2) is 37.1 Å². The van der Waals surface area contributed by atoms with Crippen molar-refractivity contribution in [2.24, 2.45) is 5.41 Å². The quantitative estimate of drug-likeness (QED) is 0.917. The SMILES string of the molecule is CC(C)(C)C1CN(CCc2ccc(Cl)s2)CCN1. The molecule has 1 aromatic rings. The van der Waals surface area contributed by atoms with Crippen LogP contribution in [0.2, 0.25) is 4.34 Å². The van der Waals surface area contributed by atoms with Crippen LogP contribution in [0.5, 0.6) is 0 Å². The second-order valence-electron chi connectivity index (χ2n) is 6.13. The van der Waals surface area contributed by atoms with Crippen molar-refractivity contribution >= 4 is 22.9 Å². The molecule has 2 nitrogen and oxygen atoms in total. The zero-order valence-corrected chi connectivity index (χ0v) is 13.1. The first-order chi connectivity index (χ1) is 8.45. The molecule has 1 N–H and O–H groups in total. The van der Waals surface area contributed by atoms with Crippen molar-refractivity contribution in [3.8, 4) is 0 Å². The van der Waals surface area contributed by atoms with E-state index in [0.29, 0.717) is 11.5 Å². The largest absolute Gasteiger partial charge is 0.311 e. The molecule has 2 heterocycles. The summed E-state index contributed by atoms with van der Waals surface area (Å²) in [6.45, 7) is 11.5. The van der Waals surface area contributed by atoms with Crippen molar-refractivity contribution in [2.75, 3.05) is 26.2 Å². The molecule has 2 rings (SSSR count). The lowest BCUT2D eigenvalue weighted by Crippen LogP contribution is -2.56. The molecule has 0 bridgehead atoms. The van der Waals surface area contributed by atoms with E-state index in [1.807, 2.05) is 6.07 Å². The molecule has 4 heteroatoms. The standard InChI is InChI=1S/C14H23ClN2S/c1-14(2,3)12-10-17(9-7-16-12)8-6-11-4-5-13(15)18-11/h4-5,12,16H,6-10H2,1-3H3. The topological polar surface area (TPSA) is 15.3 Å². The molecule has 1 saturated heterocycles. The van der Waals surface area contributed by atoms with E-state index >= 15 is 0 Å². The molecular formula is C14H23ClN2S. The lowest BCUT2D eigenvalue weighted by molar-refractivity contribution is 0.136. The Balaban J connectivity index is 1.83. The molecule has 0 radical (unpaired) electrons. The normalized spacial score (nSPS) is 22.3. The predicted molar refractivity (Wildman–Crippen MR) is 80.7 cm³/mol. The van der Waals surface area contributed by atoms with Gasteiger partial charge in [0.1, 0.15) is 0 Å². The molecular weight excluding hydrogens is 264 g/mol. The third-order valence-corrected chi connectivity index (χ3v) is 4.90. The van der Waals surface area contributed by atoms with E-state index < -0.39 is 0 Å². The summed E-state index contributed by atoms with van der Waals surface area (Å²) in [5.41, 5.74) is 0.338. The number of nitrogens with zero attached hydrogens (tertiary/aromatic N) is 1. The number of nitrogens with one attached hydrogen (secondary N) is 1. The Hall–Kier alpha value is -0.0900. The minimum Gasteiger partial charge on any atom is -0.311 e. The first-order valence-electron chi connectivity index (χ1n) is 6.65. The number of hydrogen-bond donors (Lipinski definition) is 1. The minimum absolute atomic E-state index is 0.338. The summed E-state index contributed by atoms with van der Waals surface area (Å²) in [6, 6.07) is 4.74. The Kier molecular flexibility index (Phi) is 4.70. The van der Waals surface area contributed by atoms with Crippen LogP contribution >= 0.6 is 22.9 Å². The van der Waals surface area contributed by atoms with Crippen LogP contribution in [0.4, 0.5) is 0 Å². The fourth-order valence-electron chi connectivity index (χ4n) is 2.35. The lowest BCUT2D eigenvalue weighted by atomic mass is 9.85. The first kappa shape index (κ1) is 14.3. The number of piperazine rings is 1. The van der Waals surface area contributed by atoms with Gasteiger partial charge in [0.25, 0.3) is 0 Å². The van der Waals surface area contributed by atoms with Gasteiger partial charge in [-0.2, -0.15) is 0 Å². The number of hydrogen-bond acceptors (Lipinski definition) is 3. The second kappa shape index (κ2) is 5.91. The molecule has 0 spiro atoms. The van der Waals surface area contributed by atoms with Gasteiger partial charge in [-0.15, -0.1) is 11.3 Å². The molecule has 0 aromatic carbocycles. The van der Waals surface area contributed by atoms with Crippen LogP contribution < -0.4 is 5.32 Å². The van der Waals surface area contributed by atoms with Crippen LogP contribution in [0.1, 0.15) is 25.6 Å². The van der Waals surface area contributed by atoms with Crippen molar-refractivity contribution in [2.45, 2.75) is 33.2 Å². The van der Waals surface area contributed by atoms with Crippen LogP contribution in [0.25, 0.3) is 0 Å². The Morgan fingerprint density at radius 2 is 2.22 bits per heavy atom. The minimum atomic E-state index is 0.338. The Morgan fingerprint density at radius 3 is 2.83 bits per heavy atom. The number of halogens is 1. The maximum absolute atomic E-state index is 5.96. The van der Waals surface area contributed by atoms with Gasteiger partial charge in [-0.1, -0.05) is 32.4 Å². The fourth-order valence-corrected chi connectivity index (χ4v) is 3.42. The van der Waals surface area contributed by atoms with Gasteiger partial charge < -0.3 is 10.2 Å². The maximum Gasteiger partial charge on any atom is 0.0931 e. The van der Waals surface area contributed by atoms with Gasteiger partial charge in [-0.3, -0.25) is 0 Å². The van der Waals surface area contributed by atoms with E-state index in [-0.39, 0.29) is 0 Å². The summed E-state index contributed by atoms with van der Waals surface area (Å²) in [7, 11) is 0. The zero-order chi connectivity index (χ0) is 13.2. The predicted octanol–water partition coefficient (Wildman–Crippen LogP) is 3.26. The third-order valence-electron chi connectivity index (χ3n) is 3.61. The molecule has 1 aliphatic heterocycles. The van der Waals surface area contributed by atoms with Crippen molar-refractivity contribution in [3.05, 3.63) is 21.3 Å². The van der Waals surface area contributed by atoms with Gasteiger partial charge in [0.15, 0.2) is 0 Å². The molecule has 1 unspecified atom stereocenters. The van der Waals surface area contributed by atoms with Crippen molar-refractivity contribution in [1.82, 2.24) is 10.2 Å². The van der Waals surface area contributed by atoms with Gasteiger partial charge in [-0.05, 0) is 24.0 Å². The van der Waals surface area contributed by atoms with Gasteiger partial charge in [0.05, 0.1) is 4.34 Å². The molecule has 1 fully saturated rings. The highest BCUT2D eigenvalue weighted by Crippen LogP contribution is 2.24. The van der Waals surface area contributed by atoms with Crippen LogP contribution in [-0.2, 0) is 6.42 Å². The van der Waals surface area contributed by atoms with Crippen molar-refractivity contribution < 1.29 is 0 Å². The summed E-state index contributed by atoms with van der Waals surface area (Å²) in [6.07, 6.45) is 1.12. The summed E-state index contributed by atoms with van der Waals surface area (Å²) >= 11 is 7.67. The molecule has 0 amide bonds. The molecule has 1 aromatic heterocycles. The summed E-state index contributed by atoms with van der Waals surface area (Å²) in [4.78, 5) is 3.96. The Bertz CT molecular complexity index is 383. The Labute approximate surface area is 119 Å². The van der Waals surface area contributed by atoms with Gasteiger partial charge in [0, 0.05) is 37.1 Å². The van der Waals surface area contributed by atoms with E-state index in [0.717, 1.165) is 36.9 Å².